The van der Waals surface area contributed by atoms with Gasteiger partial charge in [-0.05, 0) is 75.4 Å². The second-order valence-electron chi connectivity index (χ2n) is 8.29. The molecule has 0 saturated carbocycles. The molecule has 2 aromatic heterocycles. The van der Waals surface area contributed by atoms with Crippen molar-refractivity contribution in [2.75, 3.05) is 12.4 Å². The lowest BCUT2D eigenvalue weighted by atomic mass is 10.1. The number of nitrogens with zero attached hydrogens (tertiary/aromatic N) is 3. The maximum atomic E-state index is 13.2. The van der Waals surface area contributed by atoms with E-state index in [9.17, 15) is 13.2 Å². The van der Waals surface area contributed by atoms with E-state index in [1.807, 2.05) is 12.1 Å². The largest absolute Gasteiger partial charge is 0.468 e. The second kappa shape index (κ2) is 8.55. The van der Waals surface area contributed by atoms with E-state index >= 15 is 0 Å². The van der Waals surface area contributed by atoms with Gasteiger partial charge in [-0.25, -0.2) is 8.42 Å². The van der Waals surface area contributed by atoms with Crippen LogP contribution >= 0.6 is 0 Å². The van der Waals surface area contributed by atoms with Crippen molar-refractivity contribution in [3.8, 4) is 0 Å². The monoisotopic (exact) mass is 456 g/mol. The molecule has 0 radical (unpaired) electrons. The highest BCUT2D eigenvalue weighted by Crippen LogP contribution is 2.28. The lowest BCUT2D eigenvalue weighted by Crippen LogP contribution is -2.28. The van der Waals surface area contributed by atoms with E-state index in [0.717, 1.165) is 24.9 Å². The number of hydrogen-bond donors (Lipinski definition) is 1. The summed E-state index contributed by atoms with van der Waals surface area (Å²) in [5, 5.41) is 7.35. The Hall–Kier alpha value is -2.91. The lowest BCUT2D eigenvalue weighted by molar-refractivity contribution is -0.119. The molecule has 9 heteroatoms. The van der Waals surface area contributed by atoms with Gasteiger partial charge in [-0.15, -0.1) is 0 Å². The van der Waals surface area contributed by atoms with Crippen LogP contribution in [0.25, 0.3) is 0 Å². The number of furan rings is 1. The first-order valence-electron chi connectivity index (χ1n) is 10.7. The molecule has 0 aliphatic heterocycles. The van der Waals surface area contributed by atoms with Crippen LogP contribution in [0.1, 0.15) is 47.7 Å². The van der Waals surface area contributed by atoms with Crippen LogP contribution in [-0.2, 0) is 34.2 Å². The van der Waals surface area contributed by atoms with Gasteiger partial charge in [0.25, 0.3) is 0 Å². The summed E-state index contributed by atoms with van der Waals surface area (Å²) in [5.41, 5.74) is 4.13. The molecular formula is C23H28N4O4S. The van der Waals surface area contributed by atoms with Gasteiger partial charge < -0.3 is 9.73 Å². The molecule has 1 N–H and O–H groups in total. The third-order valence-electron chi connectivity index (χ3n) is 6.00. The van der Waals surface area contributed by atoms with Crippen molar-refractivity contribution >= 4 is 21.6 Å². The molecule has 1 aliphatic carbocycles. The van der Waals surface area contributed by atoms with Gasteiger partial charge in [0.15, 0.2) is 0 Å². The van der Waals surface area contributed by atoms with Crippen LogP contribution < -0.4 is 5.32 Å². The summed E-state index contributed by atoms with van der Waals surface area (Å²) in [5.74, 6) is 0.294. The minimum Gasteiger partial charge on any atom is -0.468 e. The molecule has 2 heterocycles. The molecule has 0 spiro atoms. The van der Waals surface area contributed by atoms with Gasteiger partial charge in [-0.1, -0.05) is 6.07 Å². The summed E-state index contributed by atoms with van der Waals surface area (Å²) in [6.07, 6.45) is 4.75. The van der Waals surface area contributed by atoms with E-state index in [-0.39, 0.29) is 17.3 Å². The van der Waals surface area contributed by atoms with Crippen molar-refractivity contribution in [3.05, 3.63) is 64.9 Å². The van der Waals surface area contributed by atoms with Crippen LogP contribution in [0.3, 0.4) is 0 Å². The molecule has 0 bridgehead atoms. The van der Waals surface area contributed by atoms with Gasteiger partial charge in [-0.3, -0.25) is 9.48 Å². The maximum absolute atomic E-state index is 13.2. The molecule has 0 saturated heterocycles. The summed E-state index contributed by atoms with van der Waals surface area (Å²) >= 11 is 0. The number of sulfonamides is 1. The standard InChI is InChI=1S/C23H28N4O4S/c1-15-22(32(29,30)26(4)14-21-9-6-12-31-21)16(2)27(25-15)17(3)23(28)24-20-11-10-18-7-5-8-19(18)13-20/h6,9-13,17H,5,7-8,14H2,1-4H3,(H,24,28)/t17-/m1/s1. The number of amides is 1. The molecule has 3 aromatic rings. The Bertz CT molecular complexity index is 1250. The number of anilines is 1. The number of aryl methyl sites for hydroxylation is 3. The zero-order chi connectivity index (χ0) is 23.0. The summed E-state index contributed by atoms with van der Waals surface area (Å²) in [7, 11) is -2.32. The quantitative estimate of drug-likeness (QED) is 0.586. The van der Waals surface area contributed by atoms with Crippen molar-refractivity contribution < 1.29 is 17.6 Å². The van der Waals surface area contributed by atoms with Gasteiger partial charge in [0.05, 0.1) is 24.2 Å². The van der Waals surface area contributed by atoms with E-state index in [0.29, 0.717) is 17.1 Å². The van der Waals surface area contributed by atoms with Crippen molar-refractivity contribution in [1.82, 2.24) is 14.1 Å². The Kier molecular flexibility index (Phi) is 5.96. The Morgan fingerprint density at radius 3 is 2.72 bits per heavy atom. The maximum Gasteiger partial charge on any atom is 0.248 e. The van der Waals surface area contributed by atoms with Crippen LogP contribution in [0, 0.1) is 13.8 Å². The van der Waals surface area contributed by atoms with E-state index in [2.05, 4.69) is 16.5 Å². The van der Waals surface area contributed by atoms with E-state index in [4.69, 9.17) is 4.42 Å². The third-order valence-corrected chi connectivity index (χ3v) is 8.05. The summed E-state index contributed by atoms with van der Waals surface area (Å²) < 4.78 is 34.4. The number of benzene rings is 1. The fourth-order valence-electron chi connectivity index (χ4n) is 4.27. The Labute approximate surface area is 188 Å². The minimum absolute atomic E-state index is 0.105. The SMILES string of the molecule is Cc1nn([C@H](C)C(=O)Nc2ccc3c(c2)CCC3)c(C)c1S(=O)(=O)N(C)Cc1ccco1. The smallest absolute Gasteiger partial charge is 0.248 e. The van der Waals surface area contributed by atoms with Crippen LogP contribution in [0.4, 0.5) is 5.69 Å². The number of nitrogens with one attached hydrogen (secondary N) is 1. The van der Waals surface area contributed by atoms with Gasteiger partial charge in [0.1, 0.15) is 16.7 Å². The number of rotatable bonds is 7. The van der Waals surface area contributed by atoms with Gasteiger partial charge >= 0.3 is 0 Å². The van der Waals surface area contributed by atoms with Crippen LogP contribution in [0.2, 0.25) is 0 Å². The predicted molar refractivity (Wildman–Crippen MR) is 121 cm³/mol. The number of aromatic nitrogens is 2. The molecule has 170 valence electrons. The molecule has 4 rings (SSSR count). The van der Waals surface area contributed by atoms with Crippen LogP contribution in [-0.4, -0.2) is 35.5 Å². The average Bonchev–Trinajstić information content (AvgIpc) is 3.47. The molecular weight excluding hydrogens is 428 g/mol. The zero-order valence-electron chi connectivity index (χ0n) is 18.8. The number of fused-ring (bicyclic) bond motifs is 1. The molecule has 8 nitrogen and oxygen atoms in total. The van der Waals surface area contributed by atoms with E-state index in [1.165, 1.54) is 33.4 Å². The number of carbonyl (C=O) groups is 1. The second-order valence-corrected chi connectivity index (χ2v) is 10.3. The molecule has 0 fully saturated rings. The highest BCUT2D eigenvalue weighted by atomic mass is 32.2. The normalized spacial score (nSPS) is 14.5. The van der Waals surface area contributed by atoms with Gasteiger partial charge in [-0.2, -0.15) is 9.40 Å². The Balaban J connectivity index is 1.55. The molecule has 1 atom stereocenters. The van der Waals surface area contributed by atoms with E-state index in [1.54, 1.807) is 32.9 Å². The number of carbonyl (C=O) groups excluding carboxylic acids is 1. The molecule has 32 heavy (non-hydrogen) atoms. The Morgan fingerprint density at radius 1 is 1.25 bits per heavy atom. The fraction of sp³-hybridized carbons (Fsp3) is 0.391. The summed E-state index contributed by atoms with van der Waals surface area (Å²) in [6.45, 7) is 5.13. The lowest BCUT2D eigenvalue weighted by Gasteiger charge is -2.17. The topological polar surface area (TPSA) is 97.4 Å². The highest BCUT2D eigenvalue weighted by molar-refractivity contribution is 7.89. The third kappa shape index (κ3) is 4.10. The van der Waals surface area contributed by atoms with Crippen LogP contribution in [0.5, 0.6) is 0 Å². The Morgan fingerprint density at radius 2 is 2.00 bits per heavy atom. The summed E-state index contributed by atoms with van der Waals surface area (Å²) in [6, 6.07) is 8.75. The molecule has 1 amide bonds. The van der Waals surface area contributed by atoms with Crippen molar-refractivity contribution in [3.63, 3.8) is 0 Å². The zero-order valence-corrected chi connectivity index (χ0v) is 19.6. The fourth-order valence-corrected chi connectivity index (χ4v) is 5.76. The van der Waals surface area contributed by atoms with Crippen molar-refractivity contribution in [2.24, 2.45) is 0 Å². The van der Waals surface area contributed by atoms with E-state index < -0.39 is 16.1 Å². The first-order valence-corrected chi connectivity index (χ1v) is 12.1. The molecule has 1 aromatic carbocycles. The van der Waals surface area contributed by atoms with Crippen molar-refractivity contribution in [2.45, 2.75) is 57.5 Å². The number of hydrogen-bond acceptors (Lipinski definition) is 5. The summed E-state index contributed by atoms with van der Waals surface area (Å²) in [4.78, 5) is 13.1. The van der Waals surface area contributed by atoms with Gasteiger partial charge in [0, 0.05) is 12.7 Å². The molecule has 1 aliphatic rings. The highest BCUT2D eigenvalue weighted by Gasteiger charge is 2.31. The molecule has 0 unspecified atom stereocenters. The van der Waals surface area contributed by atoms with Crippen LogP contribution in [0.15, 0.2) is 45.9 Å². The van der Waals surface area contributed by atoms with Crippen molar-refractivity contribution in [1.29, 1.82) is 0 Å². The average molecular weight is 457 g/mol. The first-order chi connectivity index (χ1) is 15.2. The first kappa shape index (κ1) is 22.3. The van der Waals surface area contributed by atoms with Gasteiger partial charge in [0.2, 0.25) is 15.9 Å². The predicted octanol–water partition coefficient (Wildman–Crippen LogP) is 3.60. The minimum atomic E-state index is -3.82.